The Morgan fingerprint density at radius 1 is 1.15 bits per heavy atom. The van der Waals surface area contributed by atoms with Crippen LogP contribution in [-0.2, 0) is 4.74 Å². The molecule has 0 radical (unpaired) electrons. The van der Waals surface area contributed by atoms with Crippen LogP contribution >= 0.6 is 0 Å². The molecule has 20 heavy (non-hydrogen) atoms. The number of rotatable bonds is 8. The fourth-order valence-electron chi connectivity index (χ4n) is 1.97. The highest BCUT2D eigenvalue weighted by molar-refractivity contribution is 5.23. The molecule has 1 unspecified atom stereocenters. The van der Waals surface area contributed by atoms with Crippen LogP contribution in [0.2, 0.25) is 0 Å². The number of nitrogens with one attached hydrogen (secondary N) is 1. The SMILES string of the molecule is CCCNCC(OCCC(C)(C)C)c1ccc(C)cc1. The molecule has 2 heteroatoms. The number of benzene rings is 1. The minimum Gasteiger partial charge on any atom is -0.372 e. The normalized spacial score (nSPS) is 13.4. The lowest BCUT2D eigenvalue weighted by Gasteiger charge is -2.23. The molecule has 0 saturated carbocycles. The van der Waals surface area contributed by atoms with Gasteiger partial charge in [0.15, 0.2) is 0 Å². The van der Waals surface area contributed by atoms with Crippen LogP contribution < -0.4 is 5.32 Å². The summed E-state index contributed by atoms with van der Waals surface area (Å²) in [5, 5.41) is 3.47. The average Bonchev–Trinajstić information content (AvgIpc) is 2.37. The fourth-order valence-corrected chi connectivity index (χ4v) is 1.97. The molecule has 0 amide bonds. The highest BCUT2D eigenvalue weighted by Crippen LogP contribution is 2.22. The fraction of sp³-hybridized carbons (Fsp3) is 0.667. The predicted molar refractivity (Wildman–Crippen MR) is 87.1 cm³/mol. The van der Waals surface area contributed by atoms with Gasteiger partial charge in [0.25, 0.3) is 0 Å². The van der Waals surface area contributed by atoms with Crippen LogP contribution in [0.5, 0.6) is 0 Å². The summed E-state index contributed by atoms with van der Waals surface area (Å²) in [6.07, 6.45) is 2.40. The quantitative estimate of drug-likeness (QED) is 0.707. The Balaban J connectivity index is 2.57. The first-order chi connectivity index (χ1) is 9.42. The molecule has 0 saturated heterocycles. The molecule has 0 heterocycles. The summed E-state index contributed by atoms with van der Waals surface area (Å²) in [5.74, 6) is 0. The smallest absolute Gasteiger partial charge is 0.0949 e. The molecule has 114 valence electrons. The van der Waals surface area contributed by atoms with E-state index in [1.54, 1.807) is 0 Å². The van der Waals surface area contributed by atoms with Crippen molar-refractivity contribution in [1.29, 1.82) is 0 Å². The van der Waals surface area contributed by atoms with Crippen LogP contribution in [-0.4, -0.2) is 19.7 Å². The van der Waals surface area contributed by atoms with Crippen molar-refractivity contribution in [3.63, 3.8) is 0 Å². The monoisotopic (exact) mass is 277 g/mol. The minimum absolute atomic E-state index is 0.157. The lowest BCUT2D eigenvalue weighted by atomic mass is 9.93. The van der Waals surface area contributed by atoms with Crippen LogP contribution in [0.1, 0.15) is 57.8 Å². The van der Waals surface area contributed by atoms with Gasteiger partial charge in [-0.3, -0.25) is 0 Å². The third-order valence-electron chi connectivity index (χ3n) is 3.38. The summed E-state index contributed by atoms with van der Waals surface area (Å²) < 4.78 is 6.13. The van der Waals surface area contributed by atoms with Crippen LogP contribution in [0.3, 0.4) is 0 Å². The summed E-state index contributed by atoms with van der Waals surface area (Å²) in [7, 11) is 0. The van der Waals surface area contributed by atoms with E-state index in [1.165, 1.54) is 11.1 Å². The van der Waals surface area contributed by atoms with Crippen molar-refractivity contribution in [3.8, 4) is 0 Å². The van der Waals surface area contributed by atoms with Gasteiger partial charge in [0.2, 0.25) is 0 Å². The number of hydrogen-bond donors (Lipinski definition) is 1. The molecule has 1 N–H and O–H groups in total. The number of aryl methyl sites for hydroxylation is 1. The van der Waals surface area contributed by atoms with Gasteiger partial charge < -0.3 is 10.1 Å². The summed E-state index contributed by atoms with van der Waals surface area (Å²) in [6.45, 7) is 13.8. The van der Waals surface area contributed by atoms with E-state index in [2.05, 4.69) is 64.2 Å². The molecule has 1 aromatic carbocycles. The van der Waals surface area contributed by atoms with Crippen LogP contribution in [0.25, 0.3) is 0 Å². The highest BCUT2D eigenvalue weighted by Gasteiger charge is 2.15. The largest absolute Gasteiger partial charge is 0.372 e. The van der Waals surface area contributed by atoms with Crippen molar-refractivity contribution in [2.45, 2.75) is 53.6 Å². The van der Waals surface area contributed by atoms with E-state index in [0.717, 1.165) is 32.5 Å². The van der Waals surface area contributed by atoms with Crippen molar-refractivity contribution >= 4 is 0 Å². The Bertz CT molecular complexity index is 364. The Kier molecular flexibility index (Phi) is 7.25. The first kappa shape index (κ1) is 17.2. The molecular weight excluding hydrogens is 246 g/mol. The molecule has 0 fully saturated rings. The van der Waals surface area contributed by atoms with E-state index in [9.17, 15) is 0 Å². The molecule has 0 aliphatic heterocycles. The van der Waals surface area contributed by atoms with Crippen molar-refractivity contribution < 1.29 is 4.74 Å². The van der Waals surface area contributed by atoms with Gasteiger partial charge in [-0.05, 0) is 37.3 Å². The first-order valence-corrected chi connectivity index (χ1v) is 7.81. The van der Waals surface area contributed by atoms with Gasteiger partial charge in [-0.1, -0.05) is 57.5 Å². The maximum atomic E-state index is 6.13. The molecule has 1 aromatic rings. The lowest BCUT2D eigenvalue weighted by molar-refractivity contribution is 0.0371. The molecule has 0 bridgehead atoms. The Labute approximate surface area is 124 Å². The summed E-state index contributed by atoms with van der Waals surface area (Å²) in [5.41, 5.74) is 2.89. The van der Waals surface area contributed by atoms with Crippen LogP contribution in [0.15, 0.2) is 24.3 Å². The Hall–Kier alpha value is -0.860. The third-order valence-corrected chi connectivity index (χ3v) is 3.38. The van der Waals surface area contributed by atoms with Crippen molar-refractivity contribution in [2.24, 2.45) is 5.41 Å². The molecule has 1 atom stereocenters. The van der Waals surface area contributed by atoms with Gasteiger partial charge in [-0.25, -0.2) is 0 Å². The lowest BCUT2D eigenvalue weighted by Crippen LogP contribution is -2.25. The standard InChI is InChI=1S/C18H31NO/c1-6-12-19-14-17(20-13-11-18(3,4)5)16-9-7-15(2)8-10-16/h7-10,17,19H,6,11-14H2,1-5H3. The van der Waals surface area contributed by atoms with E-state index in [-0.39, 0.29) is 6.10 Å². The van der Waals surface area contributed by atoms with Crippen LogP contribution in [0.4, 0.5) is 0 Å². The molecule has 1 rings (SSSR count). The van der Waals surface area contributed by atoms with E-state index < -0.39 is 0 Å². The topological polar surface area (TPSA) is 21.3 Å². The van der Waals surface area contributed by atoms with Gasteiger partial charge in [-0.2, -0.15) is 0 Å². The highest BCUT2D eigenvalue weighted by atomic mass is 16.5. The van der Waals surface area contributed by atoms with Crippen molar-refractivity contribution in [2.75, 3.05) is 19.7 Å². The molecule has 0 aliphatic rings. The minimum atomic E-state index is 0.157. The molecular formula is C18H31NO. The summed E-state index contributed by atoms with van der Waals surface area (Å²) in [4.78, 5) is 0. The molecule has 0 aliphatic carbocycles. The van der Waals surface area contributed by atoms with E-state index in [0.29, 0.717) is 5.41 Å². The van der Waals surface area contributed by atoms with Gasteiger partial charge in [0, 0.05) is 13.2 Å². The Morgan fingerprint density at radius 3 is 2.35 bits per heavy atom. The molecule has 2 nitrogen and oxygen atoms in total. The van der Waals surface area contributed by atoms with Crippen molar-refractivity contribution in [1.82, 2.24) is 5.32 Å². The maximum absolute atomic E-state index is 6.13. The zero-order valence-electron chi connectivity index (χ0n) is 13.8. The zero-order valence-corrected chi connectivity index (χ0v) is 13.8. The summed E-state index contributed by atoms with van der Waals surface area (Å²) in [6, 6.07) is 8.69. The van der Waals surface area contributed by atoms with E-state index in [1.807, 2.05) is 0 Å². The van der Waals surface area contributed by atoms with Crippen molar-refractivity contribution in [3.05, 3.63) is 35.4 Å². The molecule has 0 spiro atoms. The maximum Gasteiger partial charge on any atom is 0.0949 e. The number of hydrogen-bond acceptors (Lipinski definition) is 2. The molecule has 0 aromatic heterocycles. The first-order valence-electron chi connectivity index (χ1n) is 7.81. The average molecular weight is 277 g/mol. The van der Waals surface area contributed by atoms with Gasteiger partial charge in [-0.15, -0.1) is 0 Å². The second-order valence-electron chi connectivity index (χ2n) is 6.78. The Morgan fingerprint density at radius 2 is 1.80 bits per heavy atom. The number of ether oxygens (including phenoxy) is 1. The third kappa shape index (κ3) is 7.06. The van der Waals surface area contributed by atoms with Gasteiger partial charge in [0.1, 0.15) is 0 Å². The second kappa shape index (κ2) is 8.43. The van der Waals surface area contributed by atoms with Gasteiger partial charge in [0.05, 0.1) is 6.10 Å². The van der Waals surface area contributed by atoms with Gasteiger partial charge >= 0.3 is 0 Å². The predicted octanol–water partition coefficient (Wildman–Crippen LogP) is 4.49. The summed E-state index contributed by atoms with van der Waals surface area (Å²) >= 11 is 0. The second-order valence-corrected chi connectivity index (χ2v) is 6.78. The van der Waals surface area contributed by atoms with Crippen LogP contribution in [0, 0.1) is 12.3 Å². The van der Waals surface area contributed by atoms with E-state index in [4.69, 9.17) is 4.74 Å². The zero-order chi connectivity index (χ0) is 15.0. The van der Waals surface area contributed by atoms with E-state index >= 15 is 0 Å².